The van der Waals surface area contributed by atoms with E-state index < -0.39 is 6.04 Å². The van der Waals surface area contributed by atoms with Gasteiger partial charge in [0.2, 0.25) is 0 Å². The van der Waals surface area contributed by atoms with Crippen LogP contribution in [0.5, 0.6) is 0 Å². The lowest BCUT2D eigenvalue weighted by Crippen LogP contribution is -2.40. The SMILES string of the molecule is CCCCN1C(=O)[C@H]2Cc3c(n(CO)c4ccccc34)CN2C1=O. The summed E-state index contributed by atoms with van der Waals surface area (Å²) in [5.41, 5.74) is 2.97. The quantitative estimate of drug-likeness (QED) is 0.875. The van der Waals surface area contributed by atoms with Crippen molar-refractivity contribution in [1.29, 1.82) is 0 Å². The van der Waals surface area contributed by atoms with Crippen molar-refractivity contribution in [3.8, 4) is 0 Å². The molecule has 0 bridgehead atoms. The zero-order valence-corrected chi connectivity index (χ0v) is 13.7. The van der Waals surface area contributed by atoms with E-state index in [9.17, 15) is 14.7 Å². The van der Waals surface area contributed by atoms with Crippen molar-refractivity contribution in [3.05, 3.63) is 35.5 Å². The van der Waals surface area contributed by atoms with Crippen molar-refractivity contribution in [2.24, 2.45) is 0 Å². The molecule has 6 heteroatoms. The maximum Gasteiger partial charge on any atom is 0.327 e. The first-order chi connectivity index (χ1) is 11.7. The Hall–Kier alpha value is -2.34. The van der Waals surface area contributed by atoms with Gasteiger partial charge in [-0.3, -0.25) is 9.69 Å². The predicted molar refractivity (Wildman–Crippen MR) is 89.2 cm³/mol. The number of benzene rings is 1. The van der Waals surface area contributed by atoms with E-state index in [0.717, 1.165) is 35.0 Å². The Morgan fingerprint density at radius 3 is 2.79 bits per heavy atom. The fourth-order valence-corrected chi connectivity index (χ4v) is 3.95. The van der Waals surface area contributed by atoms with E-state index in [1.807, 2.05) is 35.8 Å². The predicted octanol–water partition coefficient (Wildman–Crippen LogP) is 2.08. The lowest BCUT2D eigenvalue weighted by atomic mass is 9.97. The number of carbonyl (C=O) groups excluding carboxylic acids is 2. The van der Waals surface area contributed by atoms with Crippen LogP contribution in [-0.2, 0) is 24.5 Å². The Balaban J connectivity index is 1.75. The Kier molecular flexibility index (Phi) is 3.57. The molecule has 3 heterocycles. The molecule has 2 aliphatic heterocycles. The number of nitrogens with zero attached hydrogens (tertiary/aromatic N) is 3. The van der Waals surface area contributed by atoms with Gasteiger partial charge in [0, 0.05) is 24.0 Å². The molecular formula is C18H21N3O3. The summed E-state index contributed by atoms with van der Waals surface area (Å²) in [5, 5.41) is 10.9. The summed E-state index contributed by atoms with van der Waals surface area (Å²) in [7, 11) is 0. The van der Waals surface area contributed by atoms with Gasteiger partial charge in [-0.05, 0) is 18.1 Å². The van der Waals surface area contributed by atoms with Crippen molar-refractivity contribution in [1.82, 2.24) is 14.4 Å². The lowest BCUT2D eigenvalue weighted by Gasteiger charge is -2.28. The summed E-state index contributed by atoms with van der Waals surface area (Å²) in [6, 6.07) is 7.28. The minimum Gasteiger partial charge on any atom is -0.376 e. The molecule has 0 spiro atoms. The molecule has 0 radical (unpaired) electrons. The van der Waals surface area contributed by atoms with Gasteiger partial charge in [0.05, 0.1) is 12.1 Å². The third kappa shape index (κ3) is 1.99. The minimum absolute atomic E-state index is 0.0834. The molecule has 1 saturated heterocycles. The molecule has 3 amide bonds. The smallest absolute Gasteiger partial charge is 0.327 e. The van der Waals surface area contributed by atoms with Gasteiger partial charge in [-0.1, -0.05) is 31.5 Å². The first-order valence-corrected chi connectivity index (χ1v) is 8.49. The van der Waals surface area contributed by atoms with Gasteiger partial charge in [0.1, 0.15) is 12.8 Å². The number of fused-ring (bicyclic) bond motifs is 4. The number of hydrogen-bond donors (Lipinski definition) is 1. The van der Waals surface area contributed by atoms with Crippen LogP contribution in [0.25, 0.3) is 10.9 Å². The number of hydrogen-bond acceptors (Lipinski definition) is 3. The van der Waals surface area contributed by atoms with Crippen LogP contribution in [0.1, 0.15) is 31.0 Å². The molecule has 1 atom stereocenters. The molecule has 1 aromatic carbocycles. The van der Waals surface area contributed by atoms with Crippen molar-refractivity contribution in [3.63, 3.8) is 0 Å². The van der Waals surface area contributed by atoms with Gasteiger partial charge in [-0.25, -0.2) is 4.79 Å². The largest absolute Gasteiger partial charge is 0.376 e. The van der Waals surface area contributed by atoms with Crippen LogP contribution in [-0.4, -0.2) is 44.0 Å². The molecule has 0 saturated carbocycles. The molecule has 0 unspecified atom stereocenters. The Morgan fingerprint density at radius 1 is 1.25 bits per heavy atom. The summed E-state index contributed by atoms with van der Waals surface area (Å²) in [4.78, 5) is 28.4. The molecule has 2 aliphatic rings. The van der Waals surface area contributed by atoms with E-state index in [4.69, 9.17) is 0 Å². The first kappa shape index (κ1) is 15.2. The van der Waals surface area contributed by atoms with Crippen LogP contribution in [0, 0.1) is 0 Å². The second kappa shape index (κ2) is 5.63. The van der Waals surface area contributed by atoms with Gasteiger partial charge < -0.3 is 14.6 Å². The molecule has 6 nitrogen and oxygen atoms in total. The molecular weight excluding hydrogens is 306 g/mol. The lowest BCUT2D eigenvalue weighted by molar-refractivity contribution is -0.128. The topological polar surface area (TPSA) is 65.8 Å². The van der Waals surface area contributed by atoms with Crippen molar-refractivity contribution in [2.45, 2.75) is 45.5 Å². The van der Waals surface area contributed by atoms with Crippen LogP contribution in [0.2, 0.25) is 0 Å². The highest BCUT2D eigenvalue weighted by molar-refractivity contribution is 6.05. The number of amides is 3. The van der Waals surface area contributed by atoms with Gasteiger partial charge in [0.15, 0.2) is 0 Å². The number of unbranched alkanes of at least 4 members (excludes halogenated alkanes) is 1. The normalized spacial score (nSPS) is 20.0. The highest BCUT2D eigenvalue weighted by atomic mass is 16.3. The number of aromatic nitrogens is 1. The standard InChI is InChI=1S/C18H21N3O3/c1-2-3-8-19-17(23)15-9-13-12-6-4-5-7-14(12)21(11-22)16(13)10-20(15)18(19)24/h4-7,15,22H,2-3,8-11H2,1H3/t15-/m1/s1. The maximum absolute atomic E-state index is 12.7. The van der Waals surface area contributed by atoms with Crippen LogP contribution >= 0.6 is 0 Å². The average molecular weight is 327 g/mol. The molecule has 24 heavy (non-hydrogen) atoms. The summed E-state index contributed by atoms with van der Waals surface area (Å²) in [5.74, 6) is -0.0834. The van der Waals surface area contributed by atoms with Crippen LogP contribution in [0.4, 0.5) is 4.79 Å². The summed E-state index contributed by atoms with van der Waals surface area (Å²) < 4.78 is 1.84. The van der Waals surface area contributed by atoms with E-state index in [1.165, 1.54) is 4.90 Å². The summed E-state index contributed by atoms with van der Waals surface area (Å²) >= 11 is 0. The number of aliphatic hydroxyl groups is 1. The van der Waals surface area contributed by atoms with Crippen LogP contribution in [0.3, 0.4) is 0 Å². The number of imide groups is 1. The summed E-state index contributed by atoms with van der Waals surface area (Å²) in [6.07, 6.45) is 2.30. The zero-order valence-electron chi connectivity index (χ0n) is 13.7. The summed E-state index contributed by atoms with van der Waals surface area (Å²) in [6.45, 7) is 2.79. The number of aliphatic hydroxyl groups excluding tert-OH is 1. The van der Waals surface area contributed by atoms with Gasteiger partial charge in [-0.15, -0.1) is 0 Å². The van der Waals surface area contributed by atoms with E-state index in [-0.39, 0.29) is 18.7 Å². The van der Waals surface area contributed by atoms with Crippen molar-refractivity contribution < 1.29 is 14.7 Å². The second-order valence-electron chi connectivity index (χ2n) is 6.49. The third-order valence-corrected chi connectivity index (χ3v) is 5.19. The van der Waals surface area contributed by atoms with Gasteiger partial charge in [-0.2, -0.15) is 0 Å². The zero-order chi connectivity index (χ0) is 16.8. The van der Waals surface area contributed by atoms with Crippen molar-refractivity contribution >= 4 is 22.8 Å². The minimum atomic E-state index is -0.403. The molecule has 1 fully saturated rings. The van der Waals surface area contributed by atoms with Crippen LogP contribution < -0.4 is 0 Å². The Labute approximate surface area is 140 Å². The van der Waals surface area contributed by atoms with E-state index in [2.05, 4.69) is 0 Å². The number of carbonyl (C=O) groups is 2. The van der Waals surface area contributed by atoms with Crippen LogP contribution in [0.15, 0.2) is 24.3 Å². The monoisotopic (exact) mass is 327 g/mol. The van der Waals surface area contributed by atoms with Gasteiger partial charge in [0.25, 0.3) is 5.91 Å². The number of para-hydroxylation sites is 1. The Bertz CT molecular complexity index is 826. The van der Waals surface area contributed by atoms with E-state index in [1.54, 1.807) is 4.90 Å². The van der Waals surface area contributed by atoms with E-state index >= 15 is 0 Å². The molecule has 2 aromatic rings. The first-order valence-electron chi connectivity index (χ1n) is 8.49. The average Bonchev–Trinajstić information content (AvgIpc) is 3.04. The van der Waals surface area contributed by atoms with E-state index in [0.29, 0.717) is 19.5 Å². The third-order valence-electron chi connectivity index (χ3n) is 5.19. The fourth-order valence-electron chi connectivity index (χ4n) is 3.95. The Morgan fingerprint density at radius 2 is 2.04 bits per heavy atom. The fraction of sp³-hybridized carbons (Fsp3) is 0.444. The molecule has 1 N–H and O–H groups in total. The number of urea groups is 1. The molecule has 1 aromatic heterocycles. The molecule has 0 aliphatic carbocycles. The molecule has 126 valence electrons. The maximum atomic E-state index is 12.7. The highest BCUT2D eigenvalue weighted by Crippen LogP contribution is 2.36. The molecule has 4 rings (SSSR count). The van der Waals surface area contributed by atoms with Gasteiger partial charge >= 0.3 is 6.03 Å². The highest BCUT2D eigenvalue weighted by Gasteiger charge is 2.47. The number of rotatable bonds is 4. The van der Waals surface area contributed by atoms with Crippen molar-refractivity contribution in [2.75, 3.05) is 6.54 Å². The second-order valence-corrected chi connectivity index (χ2v) is 6.49.